The molecule has 2 nitrogen and oxygen atoms in total. The van der Waals surface area contributed by atoms with Crippen molar-refractivity contribution in [2.75, 3.05) is 0 Å². The summed E-state index contributed by atoms with van der Waals surface area (Å²) in [4.78, 5) is 9.76. The Bertz CT molecular complexity index is 1250. The molecule has 28 heavy (non-hydrogen) atoms. The Morgan fingerprint density at radius 2 is 1.39 bits per heavy atom. The molecule has 0 spiro atoms. The van der Waals surface area contributed by atoms with Gasteiger partial charge in [-0.2, -0.15) is 0 Å². The minimum Gasteiger partial charge on any atom is -0.253 e. The second-order valence-electron chi connectivity index (χ2n) is 7.77. The number of para-hydroxylation sites is 1. The first-order chi connectivity index (χ1) is 13.8. The molecule has 0 bridgehead atoms. The highest BCUT2D eigenvalue weighted by Gasteiger charge is 2.20. The Hall–Kier alpha value is -3.26. The highest BCUT2D eigenvalue weighted by molar-refractivity contribution is 6.10. The topological polar surface area (TPSA) is 24.7 Å². The van der Waals surface area contributed by atoms with Crippen LogP contribution in [0.25, 0.3) is 10.8 Å². The van der Waals surface area contributed by atoms with Gasteiger partial charge in [-0.3, -0.25) is 9.98 Å². The van der Waals surface area contributed by atoms with Gasteiger partial charge in [0.15, 0.2) is 0 Å². The fourth-order valence-corrected chi connectivity index (χ4v) is 4.43. The van der Waals surface area contributed by atoms with Crippen LogP contribution in [0, 0.1) is 0 Å². The van der Waals surface area contributed by atoms with E-state index in [9.17, 15) is 0 Å². The summed E-state index contributed by atoms with van der Waals surface area (Å²) in [5, 5.41) is 2.52. The predicted molar refractivity (Wildman–Crippen MR) is 117 cm³/mol. The first kappa shape index (κ1) is 15.8. The van der Waals surface area contributed by atoms with Crippen LogP contribution in [0.1, 0.15) is 36.0 Å². The van der Waals surface area contributed by atoms with Gasteiger partial charge in [0, 0.05) is 12.8 Å². The van der Waals surface area contributed by atoms with Crippen LogP contribution >= 0.6 is 0 Å². The smallest absolute Gasteiger partial charge is 0.0669 e. The zero-order valence-corrected chi connectivity index (χ0v) is 15.7. The van der Waals surface area contributed by atoms with E-state index in [1.165, 1.54) is 44.4 Å². The van der Waals surface area contributed by atoms with Crippen molar-refractivity contribution in [3.63, 3.8) is 0 Å². The molecule has 6 rings (SSSR count). The van der Waals surface area contributed by atoms with E-state index in [1.54, 1.807) is 0 Å². The van der Waals surface area contributed by atoms with Crippen molar-refractivity contribution in [3.05, 3.63) is 101 Å². The zero-order chi connectivity index (χ0) is 18.5. The summed E-state index contributed by atoms with van der Waals surface area (Å²) in [7, 11) is 0. The molecule has 0 saturated heterocycles. The third kappa shape index (κ3) is 2.56. The van der Waals surface area contributed by atoms with Crippen molar-refractivity contribution in [2.24, 2.45) is 9.98 Å². The molecule has 3 aliphatic rings. The van der Waals surface area contributed by atoms with Crippen LogP contribution in [-0.4, -0.2) is 11.4 Å². The lowest BCUT2D eigenvalue weighted by Gasteiger charge is -2.07. The maximum absolute atomic E-state index is 4.90. The molecule has 2 aliphatic heterocycles. The molecule has 3 aromatic carbocycles. The Kier molecular flexibility index (Phi) is 3.45. The second kappa shape index (κ2) is 6.13. The largest absolute Gasteiger partial charge is 0.253 e. The van der Waals surface area contributed by atoms with Gasteiger partial charge in [-0.05, 0) is 64.1 Å². The van der Waals surface area contributed by atoms with E-state index >= 15 is 0 Å². The maximum Gasteiger partial charge on any atom is 0.0669 e. The highest BCUT2D eigenvalue weighted by atomic mass is 14.8. The molecule has 2 heterocycles. The van der Waals surface area contributed by atoms with Gasteiger partial charge in [0.05, 0.1) is 22.8 Å². The van der Waals surface area contributed by atoms with E-state index in [1.807, 2.05) is 0 Å². The van der Waals surface area contributed by atoms with Crippen molar-refractivity contribution in [1.29, 1.82) is 0 Å². The van der Waals surface area contributed by atoms with Gasteiger partial charge < -0.3 is 0 Å². The average molecular weight is 360 g/mol. The second-order valence-corrected chi connectivity index (χ2v) is 7.77. The molecule has 2 heteroatoms. The van der Waals surface area contributed by atoms with Crippen molar-refractivity contribution < 1.29 is 0 Å². The SMILES string of the molecule is C1=C2CC(c3ccc4ccc(C5=Nc6ccccc6C5)cc4c3)=NC2=CCC1. The first-order valence-corrected chi connectivity index (χ1v) is 10.0. The van der Waals surface area contributed by atoms with Gasteiger partial charge in [-0.25, -0.2) is 0 Å². The van der Waals surface area contributed by atoms with Crippen LogP contribution in [0.5, 0.6) is 0 Å². The standard InChI is InChI=1S/C26H20N2/c1-3-7-23-18(5-1)15-25(27-23)20-11-9-17-10-12-21(14-22(17)13-20)26-16-19-6-2-4-8-24(19)28-26/h1,3,5-14H,2,4,15-16H2. The average Bonchev–Trinajstić information content (AvgIpc) is 3.37. The number of hydrogen-bond acceptors (Lipinski definition) is 2. The van der Waals surface area contributed by atoms with Gasteiger partial charge in [0.2, 0.25) is 0 Å². The molecule has 0 saturated carbocycles. The molecule has 3 aromatic rings. The molecular formula is C26H20N2. The molecule has 0 amide bonds. The summed E-state index contributed by atoms with van der Waals surface area (Å²) in [5.41, 5.74) is 9.81. The highest BCUT2D eigenvalue weighted by Crippen LogP contribution is 2.33. The number of fused-ring (bicyclic) bond motifs is 3. The zero-order valence-electron chi connectivity index (χ0n) is 15.7. The van der Waals surface area contributed by atoms with Crippen molar-refractivity contribution in [3.8, 4) is 0 Å². The van der Waals surface area contributed by atoms with Crippen LogP contribution in [0.15, 0.2) is 94.1 Å². The molecular weight excluding hydrogens is 340 g/mol. The van der Waals surface area contributed by atoms with Gasteiger partial charge >= 0.3 is 0 Å². The fourth-order valence-electron chi connectivity index (χ4n) is 4.43. The Labute approximate surface area is 164 Å². The van der Waals surface area contributed by atoms with Gasteiger partial charge in [0.25, 0.3) is 0 Å². The van der Waals surface area contributed by atoms with Crippen molar-refractivity contribution in [2.45, 2.75) is 25.7 Å². The third-order valence-electron chi connectivity index (χ3n) is 5.95. The lowest BCUT2D eigenvalue weighted by atomic mass is 9.96. The molecule has 0 fully saturated rings. The minimum atomic E-state index is 0.913. The summed E-state index contributed by atoms with van der Waals surface area (Å²) in [5.74, 6) is 0. The minimum absolute atomic E-state index is 0.913. The maximum atomic E-state index is 4.90. The molecule has 134 valence electrons. The Morgan fingerprint density at radius 1 is 0.643 bits per heavy atom. The number of allylic oxidation sites excluding steroid dienone is 3. The number of hydrogen-bond donors (Lipinski definition) is 0. The first-order valence-electron chi connectivity index (χ1n) is 10.0. The molecule has 0 N–H and O–H groups in total. The van der Waals surface area contributed by atoms with E-state index in [2.05, 4.69) is 72.8 Å². The quantitative estimate of drug-likeness (QED) is 0.511. The van der Waals surface area contributed by atoms with Crippen LogP contribution in [0.3, 0.4) is 0 Å². The van der Waals surface area contributed by atoms with E-state index in [-0.39, 0.29) is 0 Å². The number of aliphatic imine (C=N–C) groups is 2. The van der Waals surface area contributed by atoms with Crippen molar-refractivity contribution >= 4 is 27.9 Å². The van der Waals surface area contributed by atoms with Crippen LogP contribution < -0.4 is 0 Å². The Morgan fingerprint density at radius 3 is 2.18 bits per heavy atom. The monoisotopic (exact) mass is 360 g/mol. The predicted octanol–water partition coefficient (Wildman–Crippen LogP) is 6.31. The lowest BCUT2D eigenvalue weighted by molar-refractivity contribution is 0.987. The third-order valence-corrected chi connectivity index (χ3v) is 5.95. The normalized spacial score (nSPS) is 17.6. The summed E-state index contributed by atoms with van der Waals surface area (Å²) in [6.45, 7) is 0. The van der Waals surface area contributed by atoms with E-state index in [0.717, 1.165) is 37.1 Å². The summed E-state index contributed by atoms with van der Waals surface area (Å²) in [6, 6.07) is 21.8. The van der Waals surface area contributed by atoms with Gasteiger partial charge in [-0.15, -0.1) is 0 Å². The lowest BCUT2D eigenvalue weighted by Crippen LogP contribution is -2.01. The Balaban J connectivity index is 1.38. The fraction of sp³-hybridized carbons (Fsp3) is 0.154. The molecule has 0 unspecified atom stereocenters. The van der Waals surface area contributed by atoms with Crippen LogP contribution in [-0.2, 0) is 6.42 Å². The van der Waals surface area contributed by atoms with E-state index in [4.69, 9.17) is 9.98 Å². The summed E-state index contributed by atoms with van der Waals surface area (Å²) >= 11 is 0. The van der Waals surface area contributed by atoms with Crippen LogP contribution in [0.2, 0.25) is 0 Å². The van der Waals surface area contributed by atoms with Crippen LogP contribution in [0.4, 0.5) is 5.69 Å². The van der Waals surface area contributed by atoms with Gasteiger partial charge in [0.1, 0.15) is 0 Å². The number of nitrogens with zero attached hydrogens (tertiary/aromatic N) is 2. The van der Waals surface area contributed by atoms with E-state index in [0.29, 0.717) is 0 Å². The number of rotatable bonds is 2. The summed E-state index contributed by atoms with van der Waals surface area (Å²) in [6.07, 6.45) is 8.75. The van der Waals surface area contributed by atoms with Gasteiger partial charge in [-0.1, -0.05) is 54.6 Å². The molecule has 0 aromatic heterocycles. The molecule has 1 aliphatic carbocycles. The molecule has 0 atom stereocenters. The van der Waals surface area contributed by atoms with Crippen molar-refractivity contribution in [1.82, 2.24) is 0 Å². The molecule has 0 radical (unpaired) electrons. The summed E-state index contributed by atoms with van der Waals surface area (Å²) < 4.78 is 0. The van der Waals surface area contributed by atoms with E-state index < -0.39 is 0 Å². The number of benzene rings is 3.